The summed E-state index contributed by atoms with van der Waals surface area (Å²) in [5.41, 5.74) is 5.47. The number of hydrogen-bond donors (Lipinski definition) is 2. The molecule has 1 amide bonds. The number of carboxylic acid groups (broad SMARTS) is 1. The van der Waals surface area contributed by atoms with Crippen LogP contribution in [0.15, 0.2) is 12.4 Å². The zero-order valence-corrected chi connectivity index (χ0v) is 11.2. The van der Waals surface area contributed by atoms with Gasteiger partial charge in [0.1, 0.15) is 0 Å². The van der Waals surface area contributed by atoms with Crippen molar-refractivity contribution < 1.29 is 14.7 Å². The Balaban J connectivity index is 2.23. The molecule has 0 bridgehead atoms. The average molecular weight is 278 g/mol. The maximum Gasteiger partial charge on any atom is 0.303 e. The van der Waals surface area contributed by atoms with Gasteiger partial charge in [0, 0.05) is 31.4 Å². The summed E-state index contributed by atoms with van der Waals surface area (Å²) in [6.07, 6.45) is 6.51. The van der Waals surface area contributed by atoms with E-state index in [4.69, 9.17) is 10.8 Å². The first-order valence-corrected chi connectivity index (χ1v) is 6.69. The van der Waals surface area contributed by atoms with E-state index in [-0.39, 0.29) is 18.2 Å². The molecular formula is C13H18N4O3. The molecule has 0 aliphatic carbocycles. The fourth-order valence-electron chi connectivity index (χ4n) is 2.58. The zero-order chi connectivity index (χ0) is 14.5. The third-order valence-corrected chi connectivity index (χ3v) is 3.50. The van der Waals surface area contributed by atoms with Crippen LogP contribution < -0.4 is 10.6 Å². The summed E-state index contributed by atoms with van der Waals surface area (Å²) in [7, 11) is 0. The molecule has 108 valence electrons. The molecule has 1 aromatic rings. The van der Waals surface area contributed by atoms with Crippen molar-refractivity contribution >= 4 is 17.7 Å². The van der Waals surface area contributed by atoms with Crippen LogP contribution in [-0.2, 0) is 4.79 Å². The molecule has 0 radical (unpaired) electrons. The van der Waals surface area contributed by atoms with Crippen molar-refractivity contribution in [3.05, 3.63) is 18.1 Å². The van der Waals surface area contributed by atoms with Crippen molar-refractivity contribution in [2.75, 3.05) is 11.4 Å². The van der Waals surface area contributed by atoms with Gasteiger partial charge >= 0.3 is 5.97 Å². The lowest BCUT2D eigenvalue weighted by Crippen LogP contribution is -2.41. The fourth-order valence-corrected chi connectivity index (χ4v) is 2.58. The zero-order valence-electron chi connectivity index (χ0n) is 11.2. The Labute approximate surface area is 116 Å². The number of nitrogens with two attached hydrogens (primary N) is 1. The van der Waals surface area contributed by atoms with Gasteiger partial charge in [-0.15, -0.1) is 0 Å². The van der Waals surface area contributed by atoms with Crippen molar-refractivity contribution in [1.29, 1.82) is 0 Å². The van der Waals surface area contributed by atoms with Gasteiger partial charge in [0.15, 0.2) is 11.5 Å². The number of piperidine rings is 1. The molecule has 1 aliphatic heterocycles. The summed E-state index contributed by atoms with van der Waals surface area (Å²) in [5, 5.41) is 8.82. The van der Waals surface area contributed by atoms with Gasteiger partial charge in [-0.1, -0.05) is 0 Å². The Hall–Kier alpha value is -2.18. The van der Waals surface area contributed by atoms with Crippen molar-refractivity contribution in [1.82, 2.24) is 9.97 Å². The second-order valence-corrected chi connectivity index (χ2v) is 4.87. The van der Waals surface area contributed by atoms with Crippen LogP contribution >= 0.6 is 0 Å². The van der Waals surface area contributed by atoms with Crippen LogP contribution in [0.25, 0.3) is 0 Å². The molecule has 1 fully saturated rings. The largest absolute Gasteiger partial charge is 0.481 e. The first-order valence-electron chi connectivity index (χ1n) is 6.69. The molecule has 2 heterocycles. The summed E-state index contributed by atoms with van der Waals surface area (Å²) < 4.78 is 0. The van der Waals surface area contributed by atoms with Gasteiger partial charge in [0.25, 0.3) is 5.91 Å². The normalized spacial score (nSPS) is 18.8. The molecule has 1 aromatic heterocycles. The SMILES string of the molecule is NC(=O)c1nccnc1N1CCCCC1CCC(=O)O. The Kier molecular flexibility index (Phi) is 4.49. The highest BCUT2D eigenvalue weighted by atomic mass is 16.4. The van der Waals surface area contributed by atoms with Gasteiger partial charge in [-0.25, -0.2) is 9.97 Å². The summed E-state index contributed by atoms with van der Waals surface area (Å²) in [6.45, 7) is 0.739. The topological polar surface area (TPSA) is 109 Å². The van der Waals surface area contributed by atoms with E-state index in [0.29, 0.717) is 12.2 Å². The van der Waals surface area contributed by atoms with Crippen molar-refractivity contribution in [3.63, 3.8) is 0 Å². The maximum absolute atomic E-state index is 11.4. The van der Waals surface area contributed by atoms with Crippen LogP contribution in [0.5, 0.6) is 0 Å². The van der Waals surface area contributed by atoms with E-state index in [9.17, 15) is 9.59 Å². The summed E-state index contributed by atoms with van der Waals surface area (Å²) in [4.78, 5) is 32.4. The van der Waals surface area contributed by atoms with E-state index in [0.717, 1.165) is 25.8 Å². The molecule has 20 heavy (non-hydrogen) atoms. The Morgan fingerprint density at radius 1 is 1.35 bits per heavy atom. The predicted molar refractivity (Wildman–Crippen MR) is 72.4 cm³/mol. The van der Waals surface area contributed by atoms with Gasteiger partial charge in [0.2, 0.25) is 0 Å². The van der Waals surface area contributed by atoms with E-state index in [1.807, 2.05) is 4.90 Å². The van der Waals surface area contributed by atoms with Gasteiger partial charge in [-0.3, -0.25) is 9.59 Å². The minimum absolute atomic E-state index is 0.0645. The minimum Gasteiger partial charge on any atom is -0.481 e. The Morgan fingerprint density at radius 3 is 2.80 bits per heavy atom. The van der Waals surface area contributed by atoms with Crippen molar-refractivity contribution in [2.45, 2.75) is 38.1 Å². The number of carbonyl (C=O) groups excluding carboxylic acids is 1. The van der Waals surface area contributed by atoms with E-state index >= 15 is 0 Å². The highest BCUT2D eigenvalue weighted by Gasteiger charge is 2.27. The third kappa shape index (κ3) is 3.23. The molecule has 1 saturated heterocycles. The first-order chi connectivity index (χ1) is 9.59. The second kappa shape index (κ2) is 6.31. The number of amides is 1. The molecule has 0 aromatic carbocycles. The monoisotopic (exact) mass is 278 g/mol. The minimum atomic E-state index is -0.815. The summed E-state index contributed by atoms with van der Waals surface area (Å²) in [5.74, 6) is -0.962. The predicted octanol–water partition coefficient (Wildman–Crippen LogP) is 0.799. The Bertz CT molecular complexity index is 506. The first kappa shape index (κ1) is 14.2. The molecule has 7 nitrogen and oxygen atoms in total. The number of hydrogen-bond acceptors (Lipinski definition) is 5. The van der Waals surface area contributed by atoms with Gasteiger partial charge in [-0.05, 0) is 25.7 Å². The molecule has 1 aliphatic rings. The van der Waals surface area contributed by atoms with E-state index in [2.05, 4.69) is 9.97 Å². The van der Waals surface area contributed by atoms with Gasteiger partial charge < -0.3 is 15.7 Å². The van der Waals surface area contributed by atoms with Crippen LogP contribution in [-0.4, -0.2) is 39.5 Å². The number of rotatable bonds is 5. The van der Waals surface area contributed by atoms with E-state index < -0.39 is 11.9 Å². The lowest BCUT2D eigenvalue weighted by atomic mass is 9.97. The molecule has 2 rings (SSSR count). The number of carboxylic acids is 1. The quantitative estimate of drug-likeness (QED) is 0.824. The number of aromatic nitrogens is 2. The molecule has 3 N–H and O–H groups in total. The van der Waals surface area contributed by atoms with E-state index in [1.165, 1.54) is 12.4 Å². The lowest BCUT2D eigenvalue weighted by molar-refractivity contribution is -0.137. The van der Waals surface area contributed by atoms with Gasteiger partial charge in [0.05, 0.1) is 0 Å². The maximum atomic E-state index is 11.4. The summed E-state index contributed by atoms with van der Waals surface area (Å²) >= 11 is 0. The highest BCUT2D eigenvalue weighted by Crippen LogP contribution is 2.27. The lowest BCUT2D eigenvalue weighted by Gasteiger charge is -2.36. The molecule has 1 unspecified atom stereocenters. The highest BCUT2D eigenvalue weighted by molar-refractivity contribution is 5.95. The van der Waals surface area contributed by atoms with Crippen LogP contribution in [0.4, 0.5) is 5.82 Å². The smallest absolute Gasteiger partial charge is 0.303 e. The number of nitrogens with zero attached hydrogens (tertiary/aromatic N) is 3. The molecular weight excluding hydrogens is 260 g/mol. The molecule has 1 atom stereocenters. The van der Waals surface area contributed by atoms with Crippen LogP contribution in [0.2, 0.25) is 0 Å². The number of carbonyl (C=O) groups is 2. The van der Waals surface area contributed by atoms with Crippen molar-refractivity contribution in [2.24, 2.45) is 5.73 Å². The molecule has 0 spiro atoms. The standard InChI is InChI=1S/C13H18N4O3/c14-12(20)11-13(16-7-6-15-11)17-8-2-1-3-9(17)4-5-10(18)19/h6-7,9H,1-5,8H2,(H2,14,20)(H,18,19). The van der Waals surface area contributed by atoms with Crippen LogP contribution in [0, 0.1) is 0 Å². The Morgan fingerprint density at radius 2 is 2.10 bits per heavy atom. The molecule has 0 saturated carbocycles. The third-order valence-electron chi connectivity index (χ3n) is 3.50. The molecule has 7 heteroatoms. The van der Waals surface area contributed by atoms with Crippen molar-refractivity contribution in [3.8, 4) is 0 Å². The van der Waals surface area contributed by atoms with Gasteiger partial charge in [-0.2, -0.15) is 0 Å². The van der Waals surface area contributed by atoms with Crippen LogP contribution in [0.3, 0.4) is 0 Å². The number of anilines is 1. The average Bonchev–Trinajstić information content (AvgIpc) is 2.45. The number of primary amides is 1. The van der Waals surface area contributed by atoms with E-state index in [1.54, 1.807) is 0 Å². The second-order valence-electron chi connectivity index (χ2n) is 4.87. The van der Waals surface area contributed by atoms with Crippen LogP contribution in [0.1, 0.15) is 42.6 Å². The number of aliphatic carboxylic acids is 1. The fraction of sp³-hybridized carbons (Fsp3) is 0.538. The summed E-state index contributed by atoms with van der Waals surface area (Å²) in [6, 6.07) is 0.0645.